The molecule has 0 aliphatic rings. The van der Waals surface area contributed by atoms with Crippen LogP contribution in [0.2, 0.25) is 0 Å². The van der Waals surface area contributed by atoms with E-state index in [0.717, 1.165) is 16.6 Å². The second-order valence-electron chi connectivity index (χ2n) is 6.98. The summed E-state index contributed by atoms with van der Waals surface area (Å²) >= 11 is 1.33. The van der Waals surface area contributed by atoms with Crippen molar-refractivity contribution in [3.8, 4) is 11.5 Å². The van der Waals surface area contributed by atoms with Crippen molar-refractivity contribution < 1.29 is 14.3 Å². The molecule has 2 N–H and O–H groups in total. The summed E-state index contributed by atoms with van der Waals surface area (Å²) in [7, 11) is 0. The fourth-order valence-electron chi connectivity index (χ4n) is 2.59. The van der Waals surface area contributed by atoms with Crippen molar-refractivity contribution in [3.05, 3.63) is 48.0 Å². The number of amides is 1. The molecule has 158 valence electrons. The predicted octanol–water partition coefficient (Wildman–Crippen LogP) is 4.24. The van der Waals surface area contributed by atoms with Gasteiger partial charge in [0.2, 0.25) is 0 Å². The van der Waals surface area contributed by atoms with Crippen LogP contribution in [0, 0.1) is 5.92 Å². The summed E-state index contributed by atoms with van der Waals surface area (Å²) in [4.78, 5) is 19.7. The molecule has 0 aliphatic heterocycles. The zero-order valence-electron chi connectivity index (χ0n) is 17.3. The Balaban J connectivity index is 1.53. The van der Waals surface area contributed by atoms with E-state index in [9.17, 15) is 4.79 Å². The second-order valence-corrected chi connectivity index (χ2v) is 7.95. The number of carbonyl (C=O) groups is 1. The molecular formula is C22H26N4O3S. The molecule has 1 aromatic heterocycles. The van der Waals surface area contributed by atoms with Crippen molar-refractivity contribution in [3.63, 3.8) is 0 Å². The lowest BCUT2D eigenvalue weighted by molar-refractivity contribution is -0.118. The minimum Gasteiger partial charge on any atom is -0.490 e. The molecule has 1 amide bonds. The number of rotatable bonds is 10. The molecule has 7 nitrogen and oxygen atoms in total. The van der Waals surface area contributed by atoms with Crippen molar-refractivity contribution in [1.82, 2.24) is 15.4 Å². The van der Waals surface area contributed by atoms with Crippen LogP contribution >= 0.6 is 11.8 Å². The molecule has 0 saturated heterocycles. The quantitative estimate of drug-likeness (QED) is 0.288. The van der Waals surface area contributed by atoms with Gasteiger partial charge in [-0.05, 0) is 48.7 Å². The minimum atomic E-state index is -0.210. The maximum Gasteiger partial charge on any atom is 0.250 e. The third-order valence-electron chi connectivity index (χ3n) is 3.95. The lowest BCUT2D eigenvalue weighted by atomic mass is 10.2. The maximum atomic E-state index is 12.1. The van der Waals surface area contributed by atoms with Gasteiger partial charge in [-0.25, -0.2) is 10.4 Å². The van der Waals surface area contributed by atoms with E-state index in [-0.39, 0.29) is 11.7 Å². The van der Waals surface area contributed by atoms with Crippen molar-refractivity contribution in [2.45, 2.75) is 25.9 Å². The van der Waals surface area contributed by atoms with E-state index in [4.69, 9.17) is 9.47 Å². The van der Waals surface area contributed by atoms with E-state index < -0.39 is 0 Å². The highest BCUT2D eigenvalue weighted by Crippen LogP contribution is 2.28. The molecular weight excluding hydrogens is 400 g/mol. The van der Waals surface area contributed by atoms with Crippen LogP contribution in [-0.4, -0.2) is 41.1 Å². The Morgan fingerprint density at radius 3 is 2.83 bits per heavy atom. The molecule has 0 atom stereocenters. The molecule has 3 aromatic rings. The SMILES string of the molecule is CCOc1cc(/C=N/NC(=O)CSc2nc3ccccc3[nH]2)ccc1OCC(C)C. The van der Waals surface area contributed by atoms with Gasteiger partial charge in [0, 0.05) is 0 Å². The summed E-state index contributed by atoms with van der Waals surface area (Å²) in [5.74, 6) is 1.79. The number of thioether (sulfide) groups is 1. The Kier molecular flexibility index (Phi) is 7.73. The number of benzene rings is 2. The molecule has 0 radical (unpaired) electrons. The van der Waals surface area contributed by atoms with Gasteiger partial charge < -0.3 is 14.5 Å². The topological polar surface area (TPSA) is 88.6 Å². The van der Waals surface area contributed by atoms with Gasteiger partial charge in [-0.15, -0.1) is 0 Å². The summed E-state index contributed by atoms with van der Waals surface area (Å²) in [5, 5.41) is 4.74. The molecule has 8 heteroatoms. The fourth-order valence-corrected chi connectivity index (χ4v) is 3.27. The monoisotopic (exact) mass is 426 g/mol. The standard InChI is InChI=1S/C22H26N4O3S/c1-4-28-20-11-16(9-10-19(20)29-13-15(2)3)12-23-26-21(27)14-30-22-24-17-7-5-6-8-18(17)25-22/h5-12,15H,4,13-14H2,1-3H3,(H,24,25)(H,26,27)/b23-12+. The summed E-state index contributed by atoms with van der Waals surface area (Å²) in [6, 6.07) is 13.3. The molecule has 0 unspecified atom stereocenters. The number of aromatic amines is 1. The number of aromatic nitrogens is 2. The van der Waals surface area contributed by atoms with Gasteiger partial charge in [-0.2, -0.15) is 5.10 Å². The first-order valence-electron chi connectivity index (χ1n) is 9.84. The van der Waals surface area contributed by atoms with Gasteiger partial charge in [-0.3, -0.25) is 4.79 Å². The number of para-hydroxylation sites is 2. The molecule has 2 aromatic carbocycles. The number of hydrogen-bond acceptors (Lipinski definition) is 6. The lowest BCUT2D eigenvalue weighted by Gasteiger charge is -2.13. The van der Waals surface area contributed by atoms with Crippen LogP contribution in [0.25, 0.3) is 11.0 Å². The average molecular weight is 427 g/mol. The van der Waals surface area contributed by atoms with E-state index in [1.807, 2.05) is 49.4 Å². The summed E-state index contributed by atoms with van der Waals surface area (Å²) in [6.07, 6.45) is 1.58. The Hall–Kier alpha value is -3.00. The number of hydrazone groups is 1. The third kappa shape index (κ3) is 6.25. The molecule has 3 rings (SSSR count). The van der Waals surface area contributed by atoms with Crippen LogP contribution in [-0.2, 0) is 4.79 Å². The van der Waals surface area contributed by atoms with Crippen LogP contribution in [0.4, 0.5) is 0 Å². The number of fused-ring (bicyclic) bond motifs is 1. The van der Waals surface area contributed by atoms with Gasteiger partial charge in [0.15, 0.2) is 16.7 Å². The third-order valence-corrected chi connectivity index (χ3v) is 4.82. The number of nitrogens with zero attached hydrogens (tertiary/aromatic N) is 2. The summed E-state index contributed by atoms with van der Waals surface area (Å²) < 4.78 is 11.5. The Bertz CT molecular complexity index is 984. The van der Waals surface area contributed by atoms with Crippen molar-refractivity contribution in [1.29, 1.82) is 0 Å². The van der Waals surface area contributed by atoms with Crippen molar-refractivity contribution in [2.24, 2.45) is 11.0 Å². The number of nitrogens with one attached hydrogen (secondary N) is 2. The van der Waals surface area contributed by atoms with E-state index in [1.165, 1.54) is 11.8 Å². The van der Waals surface area contributed by atoms with E-state index in [0.29, 0.717) is 35.8 Å². The molecule has 1 heterocycles. The van der Waals surface area contributed by atoms with Gasteiger partial charge >= 0.3 is 0 Å². The number of hydrogen-bond donors (Lipinski definition) is 2. The van der Waals surface area contributed by atoms with E-state index in [1.54, 1.807) is 6.21 Å². The first kappa shape index (κ1) is 21.7. The minimum absolute atomic E-state index is 0.210. The average Bonchev–Trinajstić information content (AvgIpc) is 3.15. The number of imidazole rings is 1. The first-order chi connectivity index (χ1) is 14.5. The van der Waals surface area contributed by atoms with Crippen LogP contribution in [0.1, 0.15) is 26.3 Å². The molecule has 0 aliphatic carbocycles. The van der Waals surface area contributed by atoms with Crippen molar-refractivity contribution >= 4 is 34.9 Å². The number of ether oxygens (including phenoxy) is 2. The largest absolute Gasteiger partial charge is 0.490 e. The molecule has 0 fully saturated rings. The Morgan fingerprint density at radius 1 is 1.23 bits per heavy atom. The second kappa shape index (κ2) is 10.7. The van der Waals surface area contributed by atoms with E-state index in [2.05, 4.69) is 34.3 Å². The van der Waals surface area contributed by atoms with Crippen LogP contribution in [0.3, 0.4) is 0 Å². The van der Waals surface area contributed by atoms with Gasteiger partial charge in [0.05, 0.1) is 36.2 Å². The van der Waals surface area contributed by atoms with Crippen molar-refractivity contribution in [2.75, 3.05) is 19.0 Å². The summed E-state index contributed by atoms with van der Waals surface area (Å²) in [6.45, 7) is 7.26. The summed E-state index contributed by atoms with van der Waals surface area (Å²) in [5.41, 5.74) is 5.17. The van der Waals surface area contributed by atoms with Gasteiger partial charge in [-0.1, -0.05) is 37.7 Å². The highest BCUT2D eigenvalue weighted by atomic mass is 32.2. The highest BCUT2D eigenvalue weighted by molar-refractivity contribution is 7.99. The molecule has 0 spiro atoms. The smallest absolute Gasteiger partial charge is 0.250 e. The molecule has 0 saturated carbocycles. The zero-order valence-corrected chi connectivity index (χ0v) is 18.2. The molecule has 30 heavy (non-hydrogen) atoms. The molecule has 0 bridgehead atoms. The van der Waals surface area contributed by atoms with Crippen LogP contribution in [0.5, 0.6) is 11.5 Å². The van der Waals surface area contributed by atoms with Gasteiger partial charge in [0.1, 0.15) is 0 Å². The lowest BCUT2D eigenvalue weighted by Crippen LogP contribution is -2.19. The zero-order chi connectivity index (χ0) is 21.3. The predicted molar refractivity (Wildman–Crippen MR) is 120 cm³/mol. The number of H-pyrrole nitrogens is 1. The Labute approximate surface area is 180 Å². The normalized spacial score (nSPS) is 11.3. The number of carbonyl (C=O) groups excluding carboxylic acids is 1. The van der Waals surface area contributed by atoms with Crippen LogP contribution in [0.15, 0.2) is 52.7 Å². The highest BCUT2D eigenvalue weighted by Gasteiger charge is 2.08. The van der Waals surface area contributed by atoms with E-state index >= 15 is 0 Å². The maximum absolute atomic E-state index is 12.1. The first-order valence-corrected chi connectivity index (χ1v) is 10.8. The fraction of sp³-hybridized carbons (Fsp3) is 0.318. The van der Waals surface area contributed by atoms with Gasteiger partial charge in [0.25, 0.3) is 5.91 Å². The van der Waals surface area contributed by atoms with Crippen LogP contribution < -0.4 is 14.9 Å². The Morgan fingerprint density at radius 2 is 2.07 bits per heavy atom.